The maximum absolute atomic E-state index is 11.2. The standard InChI is InChI=1S/C12H10N2O2/c1-8(15)9-3-2-4-10(5-9)12-13-6-11(16)7-14-12/h2-7,16H,1H3. The van der Waals surface area contributed by atoms with Crippen LogP contribution in [0.25, 0.3) is 11.4 Å². The normalized spacial score (nSPS) is 10.1. The predicted molar refractivity (Wildman–Crippen MR) is 59.1 cm³/mol. The largest absolute Gasteiger partial charge is 0.505 e. The maximum Gasteiger partial charge on any atom is 0.159 e. The van der Waals surface area contributed by atoms with E-state index in [0.29, 0.717) is 11.4 Å². The topological polar surface area (TPSA) is 63.1 Å². The number of carbonyl (C=O) groups excluding carboxylic acids is 1. The van der Waals surface area contributed by atoms with Crippen molar-refractivity contribution in [3.8, 4) is 17.1 Å². The lowest BCUT2D eigenvalue weighted by atomic mass is 10.1. The Kier molecular flexibility index (Phi) is 2.64. The Morgan fingerprint density at radius 1 is 1.25 bits per heavy atom. The van der Waals surface area contributed by atoms with E-state index in [0.717, 1.165) is 5.56 Å². The zero-order chi connectivity index (χ0) is 11.5. The molecule has 0 saturated heterocycles. The summed E-state index contributed by atoms with van der Waals surface area (Å²) in [5.41, 5.74) is 1.38. The Balaban J connectivity index is 2.44. The van der Waals surface area contributed by atoms with Crippen molar-refractivity contribution in [2.24, 2.45) is 0 Å². The molecular formula is C12H10N2O2. The van der Waals surface area contributed by atoms with Gasteiger partial charge in [-0.15, -0.1) is 0 Å². The van der Waals surface area contributed by atoms with Crippen LogP contribution in [-0.2, 0) is 0 Å². The molecule has 0 aliphatic rings. The molecule has 0 bridgehead atoms. The first-order valence-corrected chi connectivity index (χ1v) is 4.79. The first-order valence-electron chi connectivity index (χ1n) is 4.79. The van der Waals surface area contributed by atoms with Gasteiger partial charge in [0.1, 0.15) is 0 Å². The number of ketones is 1. The molecule has 0 spiro atoms. The summed E-state index contributed by atoms with van der Waals surface area (Å²) < 4.78 is 0. The monoisotopic (exact) mass is 214 g/mol. The van der Waals surface area contributed by atoms with Gasteiger partial charge in [0.05, 0.1) is 12.4 Å². The van der Waals surface area contributed by atoms with Crippen LogP contribution in [0.4, 0.5) is 0 Å². The van der Waals surface area contributed by atoms with Gasteiger partial charge in [0, 0.05) is 11.1 Å². The fourth-order valence-electron chi connectivity index (χ4n) is 1.35. The molecule has 0 amide bonds. The molecule has 2 rings (SSSR count). The van der Waals surface area contributed by atoms with Crippen molar-refractivity contribution >= 4 is 5.78 Å². The van der Waals surface area contributed by atoms with Gasteiger partial charge in [-0.1, -0.05) is 18.2 Å². The molecule has 16 heavy (non-hydrogen) atoms. The number of aromatic nitrogens is 2. The van der Waals surface area contributed by atoms with Gasteiger partial charge >= 0.3 is 0 Å². The van der Waals surface area contributed by atoms with E-state index >= 15 is 0 Å². The average Bonchev–Trinajstić information content (AvgIpc) is 2.30. The molecule has 4 nitrogen and oxygen atoms in total. The number of Topliss-reactive ketones (excluding diaryl/α,β-unsaturated/α-hetero) is 1. The fourth-order valence-corrected chi connectivity index (χ4v) is 1.35. The van der Waals surface area contributed by atoms with Crippen LogP contribution in [0.3, 0.4) is 0 Å². The van der Waals surface area contributed by atoms with Gasteiger partial charge in [-0.2, -0.15) is 0 Å². The van der Waals surface area contributed by atoms with Crippen molar-refractivity contribution in [2.45, 2.75) is 6.92 Å². The maximum atomic E-state index is 11.2. The van der Waals surface area contributed by atoms with Gasteiger partial charge in [-0.3, -0.25) is 4.79 Å². The van der Waals surface area contributed by atoms with Gasteiger partial charge in [-0.25, -0.2) is 9.97 Å². The molecule has 0 saturated carbocycles. The Morgan fingerprint density at radius 3 is 2.56 bits per heavy atom. The average molecular weight is 214 g/mol. The second-order valence-corrected chi connectivity index (χ2v) is 3.40. The predicted octanol–water partition coefficient (Wildman–Crippen LogP) is 2.05. The van der Waals surface area contributed by atoms with E-state index in [-0.39, 0.29) is 11.5 Å². The van der Waals surface area contributed by atoms with E-state index in [1.54, 1.807) is 18.2 Å². The van der Waals surface area contributed by atoms with Crippen molar-refractivity contribution in [3.63, 3.8) is 0 Å². The minimum absolute atomic E-state index is 0.000582. The van der Waals surface area contributed by atoms with Crippen molar-refractivity contribution < 1.29 is 9.90 Å². The Bertz CT molecular complexity index is 521. The first-order chi connectivity index (χ1) is 7.66. The van der Waals surface area contributed by atoms with Crippen LogP contribution in [-0.4, -0.2) is 20.9 Å². The quantitative estimate of drug-likeness (QED) is 0.777. The van der Waals surface area contributed by atoms with Crippen LogP contribution < -0.4 is 0 Å². The number of nitrogens with zero attached hydrogens (tertiary/aromatic N) is 2. The third kappa shape index (κ3) is 2.06. The van der Waals surface area contributed by atoms with E-state index in [2.05, 4.69) is 9.97 Å². The number of hydrogen-bond acceptors (Lipinski definition) is 4. The van der Waals surface area contributed by atoms with Crippen LogP contribution in [0, 0.1) is 0 Å². The lowest BCUT2D eigenvalue weighted by molar-refractivity contribution is 0.101. The summed E-state index contributed by atoms with van der Waals surface area (Å²) >= 11 is 0. The van der Waals surface area contributed by atoms with Crippen molar-refractivity contribution in [3.05, 3.63) is 42.2 Å². The van der Waals surface area contributed by atoms with Gasteiger partial charge in [0.25, 0.3) is 0 Å². The van der Waals surface area contributed by atoms with Crippen molar-refractivity contribution in [1.29, 1.82) is 0 Å². The highest BCUT2D eigenvalue weighted by Crippen LogP contribution is 2.17. The second-order valence-electron chi connectivity index (χ2n) is 3.40. The summed E-state index contributed by atoms with van der Waals surface area (Å²) in [5.74, 6) is 0.507. The molecule has 0 radical (unpaired) electrons. The van der Waals surface area contributed by atoms with Crippen molar-refractivity contribution in [2.75, 3.05) is 0 Å². The summed E-state index contributed by atoms with van der Waals surface area (Å²) in [5, 5.41) is 9.07. The molecule has 0 atom stereocenters. The highest BCUT2D eigenvalue weighted by molar-refractivity contribution is 5.95. The summed E-state index contributed by atoms with van der Waals surface area (Å²) in [6.07, 6.45) is 2.64. The van der Waals surface area contributed by atoms with Crippen LogP contribution in [0.1, 0.15) is 17.3 Å². The molecule has 1 aromatic heterocycles. The molecule has 80 valence electrons. The zero-order valence-corrected chi connectivity index (χ0v) is 8.71. The molecule has 4 heteroatoms. The van der Waals surface area contributed by atoms with Crippen LogP contribution in [0.5, 0.6) is 5.75 Å². The molecule has 0 fully saturated rings. The Morgan fingerprint density at radius 2 is 1.94 bits per heavy atom. The van der Waals surface area contributed by atoms with Crippen LogP contribution in [0.15, 0.2) is 36.7 Å². The van der Waals surface area contributed by atoms with Gasteiger partial charge in [-0.05, 0) is 13.0 Å². The smallest absolute Gasteiger partial charge is 0.159 e. The molecule has 0 unspecified atom stereocenters. The number of benzene rings is 1. The van der Waals surface area contributed by atoms with Crippen molar-refractivity contribution in [1.82, 2.24) is 9.97 Å². The highest BCUT2D eigenvalue weighted by Gasteiger charge is 2.04. The Labute approximate surface area is 92.6 Å². The summed E-state index contributed by atoms with van der Waals surface area (Å²) in [6.45, 7) is 1.51. The van der Waals surface area contributed by atoms with Gasteiger partial charge in [0.2, 0.25) is 0 Å². The molecular weight excluding hydrogens is 204 g/mol. The van der Waals surface area contributed by atoms with E-state index in [1.165, 1.54) is 19.3 Å². The molecule has 0 aliphatic carbocycles. The van der Waals surface area contributed by atoms with E-state index in [4.69, 9.17) is 5.11 Å². The fraction of sp³-hybridized carbons (Fsp3) is 0.0833. The second kappa shape index (κ2) is 4.10. The van der Waals surface area contributed by atoms with E-state index in [1.807, 2.05) is 6.07 Å². The third-order valence-corrected chi connectivity index (χ3v) is 2.17. The number of aromatic hydroxyl groups is 1. The minimum Gasteiger partial charge on any atom is -0.505 e. The van der Waals surface area contributed by atoms with Crippen LogP contribution in [0.2, 0.25) is 0 Å². The van der Waals surface area contributed by atoms with E-state index < -0.39 is 0 Å². The molecule has 1 heterocycles. The summed E-state index contributed by atoms with van der Waals surface area (Å²) in [7, 11) is 0. The molecule has 2 aromatic rings. The minimum atomic E-state index is 0.000582. The van der Waals surface area contributed by atoms with Crippen LogP contribution >= 0.6 is 0 Å². The Hall–Kier alpha value is -2.23. The number of hydrogen-bond donors (Lipinski definition) is 1. The van der Waals surface area contributed by atoms with Gasteiger partial charge < -0.3 is 5.11 Å². The van der Waals surface area contributed by atoms with E-state index in [9.17, 15) is 4.79 Å². The highest BCUT2D eigenvalue weighted by atomic mass is 16.3. The zero-order valence-electron chi connectivity index (χ0n) is 8.71. The molecule has 0 aliphatic heterocycles. The number of carbonyl (C=O) groups is 1. The SMILES string of the molecule is CC(=O)c1cccc(-c2ncc(O)cn2)c1. The molecule has 1 N–H and O–H groups in total. The molecule has 1 aromatic carbocycles. The third-order valence-electron chi connectivity index (χ3n) is 2.17. The van der Waals surface area contributed by atoms with Gasteiger partial charge in [0.15, 0.2) is 17.4 Å². The lowest BCUT2D eigenvalue weighted by Gasteiger charge is -2.01. The number of rotatable bonds is 2. The summed E-state index contributed by atoms with van der Waals surface area (Å²) in [6, 6.07) is 7.07. The lowest BCUT2D eigenvalue weighted by Crippen LogP contribution is -1.93. The summed E-state index contributed by atoms with van der Waals surface area (Å²) in [4.78, 5) is 19.2. The first kappa shape index (κ1) is 10.3.